The van der Waals surface area contributed by atoms with Gasteiger partial charge in [-0.15, -0.1) is 0 Å². The van der Waals surface area contributed by atoms with Gasteiger partial charge in [0.1, 0.15) is 24.4 Å². The number of ether oxygens (including phenoxy) is 2. The molecule has 1 aliphatic heterocycles. The molecule has 12 nitrogen and oxygen atoms in total. The first kappa shape index (κ1) is 51.9. The van der Waals surface area contributed by atoms with Crippen molar-refractivity contribution in [2.75, 3.05) is 13.2 Å². The normalized spacial score (nSPS) is 21.6. The van der Waals surface area contributed by atoms with E-state index >= 15 is 0 Å². The zero-order valence-electron chi connectivity index (χ0n) is 34.5. The maximum Gasteiger partial charge on any atom is 0.397 e. The van der Waals surface area contributed by atoms with E-state index < -0.39 is 59.9 Å². The van der Waals surface area contributed by atoms with E-state index in [2.05, 4.69) is 23.3 Å². The van der Waals surface area contributed by atoms with Gasteiger partial charge < -0.3 is 35.2 Å². The van der Waals surface area contributed by atoms with Crippen LogP contribution in [0.25, 0.3) is 0 Å². The van der Waals surface area contributed by atoms with Gasteiger partial charge in [-0.05, 0) is 19.3 Å². The molecule has 0 aromatic carbocycles. The zero-order valence-corrected chi connectivity index (χ0v) is 35.3. The van der Waals surface area contributed by atoms with Gasteiger partial charge in [0.25, 0.3) is 0 Å². The van der Waals surface area contributed by atoms with E-state index in [4.69, 9.17) is 14.0 Å². The lowest BCUT2D eigenvalue weighted by atomic mass is 9.99. The Labute approximate surface area is 334 Å². The van der Waals surface area contributed by atoms with Crippen molar-refractivity contribution in [3.8, 4) is 0 Å². The van der Waals surface area contributed by atoms with Crippen LogP contribution in [-0.2, 0) is 28.9 Å². The quantitative estimate of drug-likeness (QED) is 0.0203. The molecule has 0 aromatic rings. The first-order chi connectivity index (χ1) is 26.5. The SMILES string of the molecule is CCCCCCCCCCCCCC=CC(O)C(CO[C@@H]1O[C@H](CO)[C@H](O)[C@H](OS(=O)(=O)O)[C@H]1O)NC(=O)CCCCCCCCCCCCCCCCC. The molecule has 326 valence electrons. The number of unbranched alkanes of at least 4 members (excludes halogenated alkanes) is 25. The highest BCUT2D eigenvalue weighted by molar-refractivity contribution is 7.80. The van der Waals surface area contributed by atoms with Crippen molar-refractivity contribution in [3.05, 3.63) is 12.2 Å². The summed E-state index contributed by atoms with van der Waals surface area (Å²) in [6, 6.07) is -0.936. The lowest BCUT2D eigenvalue weighted by Gasteiger charge is -2.41. The third-order valence-corrected chi connectivity index (χ3v) is 11.0. The predicted octanol–water partition coefficient (Wildman–Crippen LogP) is 7.99. The van der Waals surface area contributed by atoms with E-state index in [0.717, 1.165) is 38.5 Å². The van der Waals surface area contributed by atoms with Crippen LogP contribution >= 0.6 is 0 Å². The lowest BCUT2D eigenvalue weighted by molar-refractivity contribution is -0.298. The second-order valence-electron chi connectivity index (χ2n) is 15.6. The van der Waals surface area contributed by atoms with Gasteiger partial charge in [-0.2, -0.15) is 8.42 Å². The van der Waals surface area contributed by atoms with Crippen LogP contribution in [-0.4, -0.2) is 95.4 Å². The molecule has 0 radical (unpaired) electrons. The molecule has 1 amide bonds. The predicted molar refractivity (Wildman–Crippen MR) is 218 cm³/mol. The van der Waals surface area contributed by atoms with E-state index in [-0.39, 0.29) is 18.9 Å². The number of carbonyl (C=O) groups excluding carboxylic acids is 1. The Morgan fingerprint density at radius 1 is 0.709 bits per heavy atom. The van der Waals surface area contributed by atoms with Crippen molar-refractivity contribution in [3.63, 3.8) is 0 Å². The van der Waals surface area contributed by atoms with Crippen LogP contribution in [0.5, 0.6) is 0 Å². The molecule has 2 unspecified atom stereocenters. The Bertz CT molecular complexity index is 1050. The Hall–Kier alpha value is -1.16. The minimum Gasteiger partial charge on any atom is -0.394 e. The fourth-order valence-corrected chi connectivity index (χ4v) is 7.61. The second-order valence-corrected chi connectivity index (χ2v) is 16.7. The van der Waals surface area contributed by atoms with Crippen molar-refractivity contribution < 1.29 is 51.8 Å². The summed E-state index contributed by atoms with van der Waals surface area (Å²) >= 11 is 0. The number of aliphatic hydroxyl groups excluding tert-OH is 4. The molecule has 0 aromatic heterocycles. The van der Waals surface area contributed by atoms with Crippen LogP contribution < -0.4 is 5.32 Å². The molecule has 0 saturated carbocycles. The van der Waals surface area contributed by atoms with Crippen LogP contribution in [0, 0.1) is 0 Å². The van der Waals surface area contributed by atoms with E-state index in [0.29, 0.717) is 6.42 Å². The first-order valence-corrected chi connectivity index (χ1v) is 23.4. The monoisotopic (exact) mass is 808 g/mol. The smallest absolute Gasteiger partial charge is 0.394 e. The number of aliphatic hydroxyl groups is 4. The van der Waals surface area contributed by atoms with Crippen molar-refractivity contribution in [1.82, 2.24) is 5.32 Å². The summed E-state index contributed by atoms with van der Waals surface area (Å²) in [4.78, 5) is 13.0. The average Bonchev–Trinajstić information content (AvgIpc) is 3.15. The highest BCUT2D eigenvalue weighted by atomic mass is 32.3. The van der Waals surface area contributed by atoms with Crippen molar-refractivity contribution in [1.29, 1.82) is 0 Å². The molecule has 0 bridgehead atoms. The fourth-order valence-electron chi connectivity index (χ4n) is 7.10. The molecule has 0 spiro atoms. The number of amides is 1. The summed E-state index contributed by atoms with van der Waals surface area (Å²) < 4.78 is 47.5. The molecule has 1 rings (SSSR count). The summed E-state index contributed by atoms with van der Waals surface area (Å²) in [6.45, 7) is 3.37. The second kappa shape index (κ2) is 33.8. The zero-order chi connectivity index (χ0) is 40.6. The van der Waals surface area contributed by atoms with Crippen LogP contribution in [0.2, 0.25) is 0 Å². The van der Waals surface area contributed by atoms with Crippen LogP contribution in [0.1, 0.15) is 194 Å². The summed E-state index contributed by atoms with van der Waals surface area (Å²) in [5.74, 6) is -0.262. The highest BCUT2D eigenvalue weighted by Crippen LogP contribution is 2.26. The standard InChI is InChI=1S/C42H81NO11S/c1-3-5-7-9-11-13-15-17-18-20-22-24-26-28-30-32-38(46)43-35(36(45)31-29-27-25-23-21-19-16-14-12-10-8-6-4-2)34-52-42-40(48)41(54-55(49,50)51)39(47)37(33-44)53-42/h29,31,35-37,39-42,44-45,47-48H,3-28,30,32-34H2,1-2H3,(H,43,46)(H,49,50,51)/t35?,36?,37-,39+,40-,41+,42-/m1/s1. The maximum absolute atomic E-state index is 13.0. The van der Waals surface area contributed by atoms with Gasteiger partial charge >= 0.3 is 10.4 Å². The van der Waals surface area contributed by atoms with E-state index in [1.165, 1.54) is 128 Å². The Morgan fingerprint density at radius 3 is 1.58 bits per heavy atom. The summed E-state index contributed by atoms with van der Waals surface area (Å²) in [5, 5.41) is 44.6. The van der Waals surface area contributed by atoms with Crippen molar-refractivity contribution >= 4 is 16.3 Å². The van der Waals surface area contributed by atoms with Crippen molar-refractivity contribution in [2.45, 2.75) is 236 Å². The molecule has 55 heavy (non-hydrogen) atoms. The van der Waals surface area contributed by atoms with Crippen LogP contribution in [0.15, 0.2) is 12.2 Å². The number of rotatable bonds is 37. The number of nitrogens with one attached hydrogen (secondary N) is 1. The summed E-state index contributed by atoms with van der Waals surface area (Å²) in [6.07, 6.45) is 26.8. The molecule has 1 heterocycles. The average molecular weight is 808 g/mol. The molecule has 0 aliphatic carbocycles. The van der Waals surface area contributed by atoms with Gasteiger partial charge in [0, 0.05) is 6.42 Å². The summed E-state index contributed by atoms with van der Waals surface area (Å²) in [5.41, 5.74) is 0. The number of allylic oxidation sites excluding steroid dienone is 1. The van der Waals surface area contributed by atoms with Gasteiger partial charge in [-0.25, -0.2) is 4.18 Å². The van der Waals surface area contributed by atoms with Crippen LogP contribution in [0.4, 0.5) is 0 Å². The third kappa shape index (κ3) is 27.2. The summed E-state index contributed by atoms with van der Waals surface area (Å²) in [7, 11) is -5.08. The van der Waals surface area contributed by atoms with Gasteiger partial charge in [-0.1, -0.05) is 180 Å². The highest BCUT2D eigenvalue weighted by Gasteiger charge is 2.48. The van der Waals surface area contributed by atoms with Crippen LogP contribution in [0.3, 0.4) is 0 Å². The topological polar surface area (TPSA) is 192 Å². The number of hydrogen-bond acceptors (Lipinski definition) is 10. The maximum atomic E-state index is 13.0. The van der Waals surface area contributed by atoms with Gasteiger partial charge in [-0.3, -0.25) is 9.35 Å². The van der Waals surface area contributed by atoms with Gasteiger partial charge in [0.05, 0.1) is 25.4 Å². The minimum atomic E-state index is -5.08. The first-order valence-electron chi connectivity index (χ1n) is 22.1. The number of carbonyl (C=O) groups is 1. The Morgan fingerprint density at radius 2 is 1.15 bits per heavy atom. The third-order valence-electron chi connectivity index (χ3n) is 10.6. The molecule has 1 fully saturated rings. The molecular weight excluding hydrogens is 727 g/mol. The van der Waals surface area contributed by atoms with Gasteiger partial charge in [0.15, 0.2) is 6.29 Å². The van der Waals surface area contributed by atoms with Gasteiger partial charge in [0.2, 0.25) is 5.91 Å². The lowest BCUT2D eigenvalue weighted by Crippen LogP contribution is -2.61. The van der Waals surface area contributed by atoms with E-state index in [9.17, 15) is 33.6 Å². The van der Waals surface area contributed by atoms with Crippen molar-refractivity contribution in [2.24, 2.45) is 0 Å². The van der Waals surface area contributed by atoms with E-state index in [1.54, 1.807) is 6.08 Å². The Kier molecular flexibility index (Phi) is 31.8. The number of hydrogen-bond donors (Lipinski definition) is 6. The van der Waals surface area contributed by atoms with E-state index in [1.807, 2.05) is 6.08 Å². The molecule has 6 N–H and O–H groups in total. The molecule has 7 atom stereocenters. The Balaban J connectivity index is 2.55. The largest absolute Gasteiger partial charge is 0.397 e. The molecule has 13 heteroatoms. The molecule has 1 aliphatic rings. The fraction of sp³-hybridized carbons (Fsp3) is 0.929. The minimum absolute atomic E-state index is 0.262. The molecular formula is C42H81NO11S. The molecule has 1 saturated heterocycles.